The Hall–Kier alpha value is -1.60. The van der Waals surface area contributed by atoms with Gasteiger partial charge in [0, 0.05) is 18.1 Å². The molecule has 1 aromatic rings. The molecule has 0 saturated carbocycles. The van der Waals surface area contributed by atoms with Crippen LogP contribution in [0.15, 0.2) is 22.3 Å². The van der Waals surface area contributed by atoms with Crippen molar-refractivity contribution >= 4 is 45.2 Å². The van der Waals surface area contributed by atoms with E-state index in [2.05, 4.69) is 15.9 Å². The summed E-state index contributed by atoms with van der Waals surface area (Å²) in [5, 5.41) is 0.512. The van der Waals surface area contributed by atoms with Gasteiger partial charge in [-0.05, 0) is 49.8 Å². The van der Waals surface area contributed by atoms with Crippen molar-refractivity contribution in [1.82, 2.24) is 9.80 Å². The van der Waals surface area contributed by atoms with Crippen LogP contribution in [0.25, 0.3) is 6.08 Å². The summed E-state index contributed by atoms with van der Waals surface area (Å²) in [6.45, 7) is 4.91. The first kappa shape index (κ1) is 17.7. The first-order chi connectivity index (χ1) is 10.9. The Morgan fingerprint density at radius 1 is 1.30 bits per heavy atom. The number of ether oxygens (including phenoxy) is 2. The molecule has 23 heavy (non-hydrogen) atoms. The molecule has 0 spiro atoms. The Labute approximate surface area is 150 Å². The minimum absolute atomic E-state index is 0.0975. The van der Waals surface area contributed by atoms with Gasteiger partial charge in [0.05, 0.1) is 13.7 Å². The van der Waals surface area contributed by atoms with Crippen LogP contribution in [0, 0.1) is 0 Å². The van der Waals surface area contributed by atoms with Crippen molar-refractivity contribution in [1.29, 1.82) is 0 Å². The second-order valence-corrected chi connectivity index (χ2v) is 6.10. The topological polar surface area (TPSA) is 42.0 Å². The number of nitrogens with zero attached hydrogens (tertiary/aromatic N) is 2. The first-order valence-electron chi connectivity index (χ1n) is 7.26. The van der Waals surface area contributed by atoms with E-state index in [1.165, 1.54) is 0 Å². The van der Waals surface area contributed by atoms with Gasteiger partial charge in [-0.3, -0.25) is 9.69 Å². The molecule has 0 unspecified atom stereocenters. The van der Waals surface area contributed by atoms with Gasteiger partial charge in [-0.1, -0.05) is 15.9 Å². The lowest BCUT2D eigenvalue weighted by atomic mass is 10.1. The minimum atomic E-state index is -0.0975. The van der Waals surface area contributed by atoms with Gasteiger partial charge in [0.2, 0.25) is 0 Å². The highest BCUT2D eigenvalue weighted by molar-refractivity contribution is 9.10. The normalized spacial score (nSPS) is 16.5. The van der Waals surface area contributed by atoms with Gasteiger partial charge in [0.25, 0.3) is 5.91 Å². The number of carbonyl (C=O) groups excluding carboxylic acids is 1. The molecule has 0 N–H and O–H groups in total. The number of carbonyl (C=O) groups is 1. The summed E-state index contributed by atoms with van der Waals surface area (Å²) in [5.74, 6) is 1.17. The maximum absolute atomic E-state index is 12.5. The van der Waals surface area contributed by atoms with Crippen molar-refractivity contribution < 1.29 is 14.3 Å². The number of rotatable bonds is 5. The number of amides is 1. The maximum atomic E-state index is 12.5. The van der Waals surface area contributed by atoms with Gasteiger partial charge in [0.1, 0.15) is 5.70 Å². The first-order valence-corrected chi connectivity index (χ1v) is 8.46. The van der Waals surface area contributed by atoms with E-state index in [4.69, 9.17) is 21.7 Å². The molecule has 1 aromatic carbocycles. The van der Waals surface area contributed by atoms with Crippen molar-refractivity contribution in [3.63, 3.8) is 0 Å². The van der Waals surface area contributed by atoms with Crippen LogP contribution in [-0.4, -0.2) is 48.1 Å². The largest absolute Gasteiger partial charge is 0.493 e. The van der Waals surface area contributed by atoms with Crippen molar-refractivity contribution in [3.8, 4) is 11.5 Å². The molecule has 7 heteroatoms. The predicted molar refractivity (Wildman–Crippen MR) is 97.6 cm³/mol. The Balaban J connectivity index is 2.47. The third kappa shape index (κ3) is 3.35. The van der Waals surface area contributed by atoms with Gasteiger partial charge in [-0.15, -0.1) is 0 Å². The predicted octanol–water partition coefficient (Wildman–Crippen LogP) is 3.28. The van der Waals surface area contributed by atoms with E-state index in [1.807, 2.05) is 26.0 Å². The quantitative estimate of drug-likeness (QED) is 0.562. The molecule has 1 fully saturated rings. The van der Waals surface area contributed by atoms with Gasteiger partial charge >= 0.3 is 0 Å². The van der Waals surface area contributed by atoms with Crippen molar-refractivity contribution in [3.05, 3.63) is 27.9 Å². The molecular weight excluding hydrogens is 380 g/mol. The molecule has 1 aliphatic rings. The number of hydrogen-bond acceptors (Lipinski definition) is 4. The van der Waals surface area contributed by atoms with E-state index in [9.17, 15) is 4.79 Å². The zero-order valence-corrected chi connectivity index (χ0v) is 16.0. The van der Waals surface area contributed by atoms with Crippen LogP contribution in [-0.2, 0) is 4.79 Å². The van der Waals surface area contributed by atoms with Gasteiger partial charge in [0.15, 0.2) is 16.6 Å². The molecular formula is C16H19BrN2O3S. The highest BCUT2D eigenvalue weighted by atomic mass is 79.9. The number of likely N-dealkylation sites (N-methyl/N-ethyl adjacent to an activating group) is 2. The van der Waals surface area contributed by atoms with Crippen LogP contribution in [0.4, 0.5) is 0 Å². The fourth-order valence-electron chi connectivity index (χ4n) is 2.33. The van der Waals surface area contributed by atoms with Gasteiger partial charge in [-0.25, -0.2) is 0 Å². The van der Waals surface area contributed by atoms with Crippen LogP contribution in [0.1, 0.15) is 19.4 Å². The van der Waals surface area contributed by atoms with E-state index >= 15 is 0 Å². The van der Waals surface area contributed by atoms with Crippen molar-refractivity contribution in [2.75, 3.05) is 27.3 Å². The summed E-state index contributed by atoms with van der Waals surface area (Å²) in [7, 11) is 3.38. The van der Waals surface area contributed by atoms with E-state index in [1.54, 1.807) is 30.0 Å². The molecule has 5 nitrogen and oxygen atoms in total. The Bertz CT molecular complexity index is 676. The summed E-state index contributed by atoms with van der Waals surface area (Å²) >= 11 is 8.82. The van der Waals surface area contributed by atoms with E-state index in [-0.39, 0.29) is 5.91 Å². The molecule has 124 valence electrons. The lowest BCUT2D eigenvalue weighted by molar-refractivity contribution is -0.122. The fourth-order valence-corrected chi connectivity index (χ4v) is 3.07. The molecule has 1 aliphatic heterocycles. The third-order valence-electron chi connectivity index (χ3n) is 3.53. The Morgan fingerprint density at radius 2 is 2.00 bits per heavy atom. The van der Waals surface area contributed by atoms with Crippen LogP contribution >= 0.6 is 28.1 Å². The SMILES string of the molecule is CCOc1cc(Br)c(/C=C2/C(=O)N(CC)C(=S)N2C)cc1OC. The summed E-state index contributed by atoms with van der Waals surface area (Å²) in [5.41, 5.74) is 1.35. The van der Waals surface area contributed by atoms with Crippen molar-refractivity contribution in [2.24, 2.45) is 0 Å². The Kier molecular flexibility index (Phi) is 5.64. The summed E-state index contributed by atoms with van der Waals surface area (Å²) in [6, 6.07) is 3.67. The van der Waals surface area contributed by atoms with Gasteiger partial charge in [-0.2, -0.15) is 0 Å². The lowest BCUT2D eigenvalue weighted by Crippen LogP contribution is -2.30. The zero-order chi connectivity index (χ0) is 17.1. The molecule has 0 aliphatic carbocycles. The molecule has 0 aromatic heterocycles. The summed E-state index contributed by atoms with van der Waals surface area (Å²) in [4.78, 5) is 15.7. The minimum Gasteiger partial charge on any atom is -0.493 e. The zero-order valence-electron chi connectivity index (χ0n) is 13.6. The smallest absolute Gasteiger partial charge is 0.276 e. The van der Waals surface area contributed by atoms with E-state index < -0.39 is 0 Å². The summed E-state index contributed by atoms with van der Waals surface area (Å²) < 4.78 is 11.7. The number of hydrogen-bond donors (Lipinski definition) is 0. The third-order valence-corrected chi connectivity index (χ3v) is 4.72. The Morgan fingerprint density at radius 3 is 2.52 bits per heavy atom. The molecule has 0 atom stereocenters. The fraction of sp³-hybridized carbons (Fsp3) is 0.375. The highest BCUT2D eigenvalue weighted by Gasteiger charge is 2.34. The number of benzene rings is 1. The van der Waals surface area contributed by atoms with Crippen molar-refractivity contribution in [2.45, 2.75) is 13.8 Å². The summed E-state index contributed by atoms with van der Waals surface area (Å²) in [6.07, 6.45) is 1.80. The van der Waals surface area contributed by atoms with Crippen LogP contribution in [0.3, 0.4) is 0 Å². The van der Waals surface area contributed by atoms with Crippen LogP contribution in [0.5, 0.6) is 11.5 Å². The standard InChI is InChI=1S/C16H19BrN2O3S/c1-5-19-15(20)12(18(3)16(19)23)7-10-8-13(21-4)14(22-6-2)9-11(10)17/h7-9H,5-6H2,1-4H3/b12-7-. The molecule has 1 amide bonds. The lowest BCUT2D eigenvalue weighted by Gasteiger charge is -2.14. The molecule has 0 bridgehead atoms. The van der Waals surface area contributed by atoms with Gasteiger partial charge < -0.3 is 14.4 Å². The average molecular weight is 399 g/mol. The molecule has 1 saturated heterocycles. The monoisotopic (exact) mass is 398 g/mol. The second-order valence-electron chi connectivity index (χ2n) is 4.88. The number of thiocarbonyl (C=S) groups is 1. The number of methoxy groups -OCH3 is 1. The number of halogens is 1. The van der Waals surface area contributed by atoms with Crippen LogP contribution < -0.4 is 9.47 Å². The van der Waals surface area contributed by atoms with E-state index in [0.717, 1.165) is 10.0 Å². The molecule has 0 radical (unpaired) electrons. The van der Waals surface area contributed by atoms with Crippen LogP contribution in [0.2, 0.25) is 0 Å². The second kappa shape index (κ2) is 7.31. The highest BCUT2D eigenvalue weighted by Crippen LogP contribution is 2.35. The average Bonchev–Trinajstić information content (AvgIpc) is 2.73. The molecule has 1 heterocycles. The molecule has 2 rings (SSSR count). The van der Waals surface area contributed by atoms with E-state index in [0.29, 0.717) is 35.5 Å². The maximum Gasteiger partial charge on any atom is 0.276 e.